The highest BCUT2D eigenvalue weighted by Crippen LogP contribution is 2.09. The van der Waals surface area contributed by atoms with E-state index in [1.165, 1.54) is 38.5 Å². The van der Waals surface area contributed by atoms with E-state index in [9.17, 15) is 4.79 Å². The first-order chi connectivity index (χ1) is 6.77. The predicted molar refractivity (Wildman–Crippen MR) is 60.2 cm³/mol. The van der Waals surface area contributed by atoms with Crippen molar-refractivity contribution in [3.63, 3.8) is 0 Å². The van der Waals surface area contributed by atoms with Crippen LogP contribution in [0, 0.1) is 0 Å². The third kappa shape index (κ3) is 11.9. The molecule has 0 heterocycles. The van der Waals surface area contributed by atoms with Crippen LogP contribution in [0.3, 0.4) is 0 Å². The normalized spacial score (nSPS) is 10.4. The fourth-order valence-electron chi connectivity index (χ4n) is 1.50. The highest BCUT2D eigenvalue weighted by Gasteiger charge is 1.96. The summed E-state index contributed by atoms with van der Waals surface area (Å²) >= 11 is 5.23. The van der Waals surface area contributed by atoms with Crippen LogP contribution in [-0.4, -0.2) is 11.8 Å². The van der Waals surface area contributed by atoms with Gasteiger partial charge in [-0.05, 0) is 30.9 Å². The van der Waals surface area contributed by atoms with E-state index in [2.05, 4.69) is 5.73 Å². The third-order valence-corrected chi connectivity index (χ3v) is 2.56. The minimum absolute atomic E-state index is 0.194. The molecule has 0 amide bonds. The number of carbonyl (C=O) groups excluding carboxylic acids is 1. The summed E-state index contributed by atoms with van der Waals surface area (Å²) in [4.78, 5) is 10.4. The van der Waals surface area contributed by atoms with Gasteiger partial charge in [0.15, 0.2) is 0 Å². The molecule has 0 bridgehead atoms. The average Bonchev–Trinajstić information content (AvgIpc) is 2.15. The molecule has 0 unspecified atom stereocenters. The molecule has 0 fully saturated rings. The number of carbonyl (C=O) groups is 1. The minimum Gasteiger partial charge on any atom is -0.358 e. The van der Waals surface area contributed by atoms with Crippen LogP contribution in [0.1, 0.15) is 57.8 Å². The molecule has 0 atom stereocenters. The van der Waals surface area contributed by atoms with Crippen LogP contribution in [0.4, 0.5) is 0 Å². The molecule has 3 heteroatoms. The zero-order valence-electron chi connectivity index (χ0n) is 9.06. The Labute approximate surface area is 92.2 Å². The van der Waals surface area contributed by atoms with Crippen LogP contribution in [-0.2, 0) is 4.79 Å². The zero-order chi connectivity index (χ0) is 10.6. The fraction of sp³-hybridized carbons (Fsp3) is 0.909. The van der Waals surface area contributed by atoms with Crippen LogP contribution in [0.15, 0.2) is 0 Å². The summed E-state index contributed by atoms with van der Waals surface area (Å²) < 4.78 is 0. The Bertz CT molecular complexity index is 139. The highest BCUT2D eigenvalue weighted by atomic mass is 35.5. The number of quaternary nitrogens is 1. The van der Waals surface area contributed by atoms with Gasteiger partial charge in [0, 0.05) is 6.42 Å². The van der Waals surface area contributed by atoms with E-state index in [4.69, 9.17) is 11.6 Å². The molecule has 0 aromatic carbocycles. The molecular weight excluding hydrogens is 198 g/mol. The van der Waals surface area contributed by atoms with Crippen molar-refractivity contribution in [3.05, 3.63) is 0 Å². The van der Waals surface area contributed by atoms with Crippen LogP contribution in [0.2, 0.25) is 0 Å². The van der Waals surface area contributed by atoms with Gasteiger partial charge < -0.3 is 5.73 Å². The number of unbranched alkanes of at least 4 members (excludes halogenated alkanes) is 7. The van der Waals surface area contributed by atoms with Gasteiger partial charge in [0.25, 0.3) is 0 Å². The Hall–Kier alpha value is -0.0800. The predicted octanol–water partition coefficient (Wildman–Crippen LogP) is 2.50. The molecule has 0 aliphatic heterocycles. The standard InChI is InChI=1S/C11H22ClNO/c12-11(14)9-7-5-3-1-2-4-6-8-10-13/h1-10,13H2/p+1. The molecule has 0 rings (SSSR count). The lowest BCUT2D eigenvalue weighted by molar-refractivity contribution is -0.368. The molecule has 14 heavy (non-hydrogen) atoms. The van der Waals surface area contributed by atoms with E-state index in [1.807, 2.05) is 0 Å². The Morgan fingerprint density at radius 3 is 1.71 bits per heavy atom. The Kier molecular flexibility index (Phi) is 10.9. The van der Waals surface area contributed by atoms with E-state index in [-0.39, 0.29) is 5.24 Å². The van der Waals surface area contributed by atoms with Crippen LogP contribution in [0.5, 0.6) is 0 Å². The van der Waals surface area contributed by atoms with Crippen molar-refractivity contribution in [2.45, 2.75) is 57.8 Å². The van der Waals surface area contributed by atoms with Gasteiger partial charge in [-0.25, -0.2) is 0 Å². The summed E-state index contributed by atoms with van der Waals surface area (Å²) in [6.45, 7) is 1.07. The lowest BCUT2D eigenvalue weighted by Crippen LogP contribution is -2.50. The van der Waals surface area contributed by atoms with E-state index in [1.54, 1.807) is 0 Å². The SMILES string of the molecule is [NH3+]CCCCCCCCCCC(=O)Cl. The van der Waals surface area contributed by atoms with Gasteiger partial charge in [-0.3, -0.25) is 4.79 Å². The highest BCUT2D eigenvalue weighted by molar-refractivity contribution is 6.63. The Morgan fingerprint density at radius 2 is 1.29 bits per heavy atom. The summed E-state index contributed by atoms with van der Waals surface area (Å²) in [6, 6.07) is 0. The van der Waals surface area contributed by atoms with Gasteiger partial charge in [-0.15, -0.1) is 0 Å². The molecule has 2 nitrogen and oxygen atoms in total. The van der Waals surface area contributed by atoms with Crippen LogP contribution >= 0.6 is 11.6 Å². The molecule has 0 spiro atoms. The van der Waals surface area contributed by atoms with Gasteiger partial charge in [0.1, 0.15) is 0 Å². The molecule has 0 aliphatic rings. The second kappa shape index (κ2) is 11.0. The molecule has 3 N–H and O–H groups in total. The van der Waals surface area contributed by atoms with Crippen LogP contribution in [0.25, 0.3) is 0 Å². The van der Waals surface area contributed by atoms with Crippen molar-refractivity contribution in [1.29, 1.82) is 0 Å². The number of rotatable bonds is 10. The molecular formula is C11H23ClNO+. The van der Waals surface area contributed by atoms with Gasteiger partial charge in [0.2, 0.25) is 5.24 Å². The molecule has 84 valence electrons. The Morgan fingerprint density at radius 1 is 0.857 bits per heavy atom. The summed E-state index contributed by atoms with van der Waals surface area (Å²) in [7, 11) is 0. The maximum atomic E-state index is 10.4. The van der Waals surface area contributed by atoms with Crippen molar-refractivity contribution >= 4 is 16.8 Å². The minimum atomic E-state index is -0.194. The van der Waals surface area contributed by atoms with Gasteiger partial charge >= 0.3 is 0 Å². The summed E-state index contributed by atoms with van der Waals surface area (Å²) in [5, 5.41) is -0.194. The van der Waals surface area contributed by atoms with Crippen molar-refractivity contribution in [2.24, 2.45) is 0 Å². The van der Waals surface area contributed by atoms with Gasteiger partial charge in [0.05, 0.1) is 6.54 Å². The maximum absolute atomic E-state index is 10.4. The fourth-order valence-corrected chi connectivity index (χ4v) is 1.64. The quantitative estimate of drug-likeness (QED) is 0.446. The lowest BCUT2D eigenvalue weighted by atomic mass is 10.1. The van der Waals surface area contributed by atoms with E-state index in [0.717, 1.165) is 19.4 Å². The van der Waals surface area contributed by atoms with Crippen molar-refractivity contribution < 1.29 is 10.5 Å². The molecule has 0 saturated heterocycles. The second-order valence-corrected chi connectivity index (χ2v) is 4.21. The molecule has 0 aromatic heterocycles. The molecule has 0 aromatic rings. The maximum Gasteiger partial charge on any atom is 0.221 e. The third-order valence-electron chi connectivity index (χ3n) is 2.37. The van der Waals surface area contributed by atoms with E-state index in [0.29, 0.717) is 6.42 Å². The number of hydrogen-bond acceptors (Lipinski definition) is 1. The second-order valence-electron chi connectivity index (χ2n) is 3.79. The largest absolute Gasteiger partial charge is 0.358 e. The van der Waals surface area contributed by atoms with Crippen LogP contribution < -0.4 is 5.73 Å². The smallest absolute Gasteiger partial charge is 0.221 e. The topological polar surface area (TPSA) is 44.7 Å². The number of halogens is 1. The first-order valence-corrected chi connectivity index (χ1v) is 6.12. The van der Waals surface area contributed by atoms with Crippen molar-refractivity contribution in [3.8, 4) is 0 Å². The monoisotopic (exact) mass is 220 g/mol. The first-order valence-electron chi connectivity index (χ1n) is 5.75. The summed E-state index contributed by atoms with van der Waals surface area (Å²) in [6.07, 6.45) is 10.4. The van der Waals surface area contributed by atoms with Crippen molar-refractivity contribution in [2.75, 3.05) is 6.54 Å². The average molecular weight is 221 g/mol. The lowest BCUT2D eigenvalue weighted by Gasteiger charge is -1.99. The Balaban J connectivity index is 2.88. The number of hydrogen-bond donors (Lipinski definition) is 1. The molecule has 0 saturated carbocycles. The molecule has 0 aliphatic carbocycles. The zero-order valence-corrected chi connectivity index (χ0v) is 9.82. The van der Waals surface area contributed by atoms with Gasteiger partial charge in [-0.2, -0.15) is 0 Å². The van der Waals surface area contributed by atoms with E-state index < -0.39 is 0 Å². The summed E-state index contributed by atoms with van der Waals surface area (Å²) in [5.74, 6) is 0. The molecule has 0 radical (unpaired) electrons. The van der Waals surface area contributed by atoms with Crippen molar-refractivity contribution in [1.82, 2.24) is 0 Å². The van der Waals surface area contributed by atoms with Gasteiger partial charge in [-0.1, -0.05) is 32.1 Å². The first kappa shape index (κ1) is 13.9. The van der Waals surface area contributed by atoms with E-state index >= 15 is 0 Å². The summed E-state index contributed by atoms with van der Waals surface area (Å²) in [5.41, 5.74) is 3.82.